The molecule has 0 saturated carbocycles. The third kappa shape index (κ3) is 15.3. The summed E-state index contributed by atoms with van der Waals surface area (Å²) in [5, 5.41) is 24.3. The second-order valence-corrected chi connectivity index (χ2v) is 20.7. The van der Waals surface area contributed by atoms with Crippen LogP contribution in [0.1, 0.15) is 94.5 Å². The molecule has 8 N–H and O–H groups in total. The Morgan fingerprint density at radius 1 is 0.274 bits per heavy atom. The van der Waals surface area contributed by atoms with Gasteiger partial charge in [0.05, 0.1) is 26.4 Å². The molecule has 9 rings (SSSR count). The number of fused-ring (bicyclic) bond motifs is 8. The van der Waals surface area contributed by atoms with Crippen LogP contribution in [0.15, 0.2) is 146 Å². The fourth-order valence-corrected chi connectivity index (χ4v) is 10.2. The molecule has 1 aliphatic carbocycles. The zero-order chi connectivity index (χ0) is 59.3. The lowest BCUT2D eigenvalue weighted by Gasteiger charge is -2.24. The van der Waals surface area contributed by atoms with E-state index in [-0.39, 0.29) is 25.7 Å². The molecule has 16 nitrogen and oxygen atoms in total. The van der Waals surface area contributed by atoms with Crippen LogP contribution in [-0.4, -0.2) is 50.6 Å². The van der Waals surface area contributed by atoms with Gasteiger partial charge in [-0.15, -0.1) is 0 Å². The van der Waals surface area contributed by atoms with Crippen LogP contribution in [0.2, 0.25) is 0 Å². The van der Waals surface area contributed by atoms with E-state index in [0.717, 1.165) is 22.3 Å². The van der Waals surface area contributed by atoms with Crippen molar-refractivity contribution in [1.82, 2.24) is 0 Å². The molecule has 0 saturated heterocycles. The molecule has 16 heteroatoms. The van der Waals surface area contributed by atoms with Crippen LogP contribution in [0.5, 0.6) is 23.0 Å². The summed E-state index contributed by atoms with van der Waals surface area (Å²) in [4.78, 5) is 56.0. The van der Waals surface area contributed by atoms with Gasteiger partial charge < -0.3 is 61.5 Å². The van der Waals surface area contributed by atoms with Crippen LogP contribution in [0.3, 0.4) is 0 Å². The van der Waals surface area contributed by atoms with E-state index in [1.54, 1.807) is 0 Å². The number of aryl methyl sites for hydroxylation is 4. The number of amides is 8. The van der Waals surface area contributed by atoms with E-state index in [1.165, 1.54) is 0 Å². The van der Waals surface area contributed by atoms with Crippen LogP contribution in [0.25, 0.3) is 0 Å². The van der Waals surface area contributed by atoms with E-state index in [1.807, 2.05) is 201 Å². The number of anilines is 8. The summed E-state index contributed by atoms with van der Waals surface area (Å²) in [5.41, 5.74) is 14.2. The molecule has 8 bridgehead atoms. The predicted molar refractivity (Wildman–Crippen MR) is 337 cm³/mol. The smallest absolute Gasteiger partial charge is 0.323 e. The lowest BCUT2D eigenvalue weighted by Crippen LogP contribution is -2.21. The molecular weight excluding hydrogens is 1060 g/mol. The Balaban J connectivity index is 1.26. The molecule has 432 valence electrons. The van der Waals surface area contributed by atoms with Gasteiger partial charge in [0.2, 0.25) is 0 Å². The summed E-state index contributed by atoms with van der Waals surface area (Å²) in [6.45, 7) is 16.8. The minimum Gasteiger partial charge on any atom is -0.493 e. The van der Waals surface area contributed by atoms with Gasteiger partial charge in [0, 0.05) is 116 Å². The van der Waals surface area contributed by atoms with Gasteiger partial charge in [0.15, 0.2) is 0 Å². The van der Waals surface area contributed by atoms with Crippen molar-refractivity contribution in [1.29, 1.82) is 0 Å². The summed E-state index contributed by atoms with van der Waals surface area (Å²) in [7, 11) is 0. The molecule has 8 amide bonds. The average molecular weight is 1130 g/mol. The molecular formula is C68H72N8O8. The highest BCUT2D eigenvalue weighted by molar-refractivity contribution is 6.02. The van der Waals surface area contributed by atoms with Gasteiger partial charge >= 0.3 is 24.1 Å². The van der Waals surface area contributed by atoms with Crippen molar-refractivity contribution in [2.75, 3.05) is 69.0 Å². The van der Waals surface area contributed by atoms with Gasteiger partial charge in [0.1, 0.15) is 23.0 Å². The van der Waals surface area contributed by atoms with Gasteiger partial charge in [-0.2, -0.15) is 0 Å². The largest absolute Gasteiger partial charge is 0.493 e. The molecule has 0 aromatic heterocycles. The number of hydrogen-bond donors (Lipinski definition) is 8. The lowest BCUT2D eigenvalue weighted by molar-refractivity contribution is 0.261. The van der Waals surface area contributed by atoms with Crippen LogP contribution in [0.4, 0.5) is 64.7 Å². The fourth-order valence-electron chi connectivity index (χ4n) is 10.2. The Kier molecular flexibility index (Phi) is 19.0. The topological polar surface area (TPSA) is 201 Å². The van der Waals surface area contributed by atoms with Crippen LogP contribution in [-0.2, 0) is 25.7 Å². The van der Waals surface area contributed by atoms with Gasteiger partial charge in [-0.3, -0.25) is 0 Å². The number of carbonyl (C=O) groups excluding carboxylic acids is 4. The van der Waals surface area contributed by atoms with Crippen LogP contribution >= 0.6 is 0 Å². The highest BCUT2D eigenvalue weighted by Gasteiger charge is 2.26. The number of hydrogen-bond acceptors (Lipinski definition) is 8. The van der Waals surface area contributed by atoms with Crippen molar-refractivity contribution in [3.05, 3.63) is 212 Å². The van der Waals surface area contributed by atoms with E-state index < -0.39 is 24.1 Å². The van der Waals surface area contributed by atoms with Crippen molar-refractivity contribution in [3.8, 4) is 23.0 Å². The highest BCUT2D eigenvalue weighted by Crippen LogP contribution is 2.43. The summed E-state index contributed by atoms with van der Waals surface area (Å²) >= 11 is 0. The fraction of sp³-hybridized carbons (Fsp3) is 0.235. The van der Waals surface area contributed by atoms with E-state index in [2.05, 4.69) is 42.5 Å². The van der Waals surface area contributed by atoms with Crippen molar-refractivity contribution >= 4 is 69.6 Å². The van der Waals surface area contributed by atoms with E-state index >= 15 is 0 Å². The molecule has 0 unspecified atom stereocenters. The van der Waals surface area contributed by atoms with Crippen molar-refractivity contribution in [2.24, 2.45) is 0 Å². The van der Waals surface area contributed by atoms with Gasteiger partial charge in [-0.05, 0) is 152 Å². The van der Waals surface area contributed by atoms with Crippen molar-refractivity contribution < 1.29 is 38.1 Å². The standard InChI is InChI=1S/C68H72N8O8/c1-9-81-61-45-29-47-35-58(74-66(78)70-54-23-15-42(6)16-24-54)37-49(62(47)82-10-2)31-51-39-60(76-68(80)72-56-27-19-44(8)20-28-56)40-52(64(51)84-12-4)32-50-38-59(75-67(79)71-55-25-17-43(7)18-26-55)36-48(63(50)83-11-3)30-46(61)34-57(33-45)73-65(77)69-53-21-13-41(5)14-22-53/h13-28,33-40H,9-12,29-32H2,1-8H3,(H2,69,73,77)(H2,70,74,78)(H2,71,75,79)(H2,72,76,80). The number of rotatable bonds is 16. The van der Waals surface area contributed by atoms with Gasteiger partial charge in [0.25, 0.3) is 0 Å². The van der Waals surface area contributed by atoms with Gasteiger partial charge in [-0.25, -0.2) is 19.2 Å². The quantitative estimate of drug-likeness (QED) is 0.0467. The molecule has 0 spiro atoms. The third-order valence-electron chi connectivity index (χ3n) is 13.9. The molecule has 0 fully saturated rings. The van der Waals surface area contributed by atoms with Crippen molar-refractivity contribution in [2.45, 2.75) is 81.1 Å². The number of carbonyl (C=O) groups is 4. The molecule has 0 aliphatic heterocycles. The Bertz CT molecular complexity index is 3100. The van der Waals surface area contributed by atoms with Crippen LogP contribution < -0.4 is 61.5 Å². The first-order valence-electron chi connectivity index (χ1n) is 28.3. The second kappa shape index (κ2) is 27.2. The first-order chi connectivity index (χ1) is 40.6. The number of urea groups is 4. The molecule has 0 heterocycles. The lowest BCUT2D eigenvalue weighted by atomic mass is 9.90. The molecule has 0 atom stereocenters. The van der Waals surface area contributed by atoms with E-state index in [0.29, 0.717) is 139 Å². The summed E-state index contributed by atoms with van der Waals surface area (Å²) in [6, 6.07) is 43.5. The molecule has 84 heavy (non-hydrogen) atoms. The predicted octanol–water partition coefficient (Wildman–Crippen LogP) is 15.8. The maximum Gasteiger partial charge on any atom is 0.323 e. The van der Waals surface area contributed by atoms with Gasteiger partial charge in [-0.1, -0.05) is 70.8 Å². The second-order valence-electron chi connectivity index (χ2n) is 20.7. The molecule has 8 aromatic carbocycles. The average Bonchev–Trinajstić information content (AvgIpc) is 3.29. The molecule has 8 aromatic rings. The van der Waals surface area contributed by atoms with Crippen molar-refractivity contribution in [3.63, 3.8) is 0 Å². The van der Waals surface area contributed by atoms with Crippen LogP contribution in [0, 0.1) is 27.7 Å². The minimum atomic E-state index is -0.457. The maximum absolute atomic E-state index is 14.0. The normalized spacial score (nSPS) is 11.5. The minimum absolute atomic E-state index is 0.198. The first-order valence-corrected chi connectivity index (χ1v) is 28.3. The molecule has 0 radical (unpaired) electrons. The van der Waals surface area contributed by atoms with E-state index in [9.17, 15) is 19.2 Å². The monoisotopic (exact) mass is 1130 g/mol. The number of benzene rings is 8. The Hall–Kier alpha value is -9.96. The van der Waals surface area contributed by atoms with E-state index in [4.69, 9.17) is 18.9 Å². The maximum atomic E-state index is 14.0. The Morgan fingerprint density at radius 2 is 0.429 bits per heavy atom. The first kappa shape index (κ1) is 58.7. The summed E-state index contributed by atoms with van der Waals surface area (Å²) < 4.78 is 26.8. The Labute approximate surface area is 491 Å². The number of nitrogens with one attached hydrogen (secondary N) is 8. The third-order valence-corrected chi connectivity index (χ3v) is 13.9. The molecule has 1 aliphatic rings. The zero-order valence-corrected chi connectivity index (χ0v) is 48.8. The SMILES string of the molecule is CCOc1c2cc(NC(=O)Nc3ccc(C)cc3)cc1Cc1cc(NC(=O)Nc3ccc(C)cc3)cc(c1OCC)Cc1cc(NC(=O)Nc3ccc(C)cc3)cc(c1OCC)Cc1cc(NC(=O)Nc3ccc(C)cc3)cc(c1OCC)C2. The summed E-state index contributed by atoms with van der Waals surface area (Å²) in [6.07, 6.45) is 0.792. The highest BCUT2D eigenvalue weighted by atomic mass is 16.5. The zero-order valence-electron chi connectivity index (χ0n) is 48.8. The Morgan fingerprint density at radius 3 is 0.583 bits per heavy atom. The number of ether oxygens (including phenoxy) is 4. The summed E-state index contributed by atoms with van der Waals surface area (Å²) in [5.74, 6) is 2.26.